The van der Waals surface area contributed by atoms with Gasteiger partial charge in [-0.2, -0.15) is 0 Å². The summed E-state index contributed by atoms with van der Waals surface area (Å²) in [6, 6.07) is 12.2. The molecule has 0 bridgehead atoms. The summed E-state index contributed by atoms with van der Waals surface area (Å²) in [6.45, 7) is 0.0498. The van der Waals surface area contributed by atoms with E-state index < -0.39 is 11.9 Å². The summed E-state index contributed by atoms with van der Waals surface area (Å²) in [5, 5.41) is 8.78. The molecule has 0 saturated carbocycles. The van der Waals surface area contributed by atoms with Crippen LogP contribution in [0.5, 0.6) is 0 Å². The minimum Gasteiger partial charge on any atom is -0.478 e. The maximum Gasteiger partial charge on any atom is 0.338 e. The Bertz CT molecular complexity index is 656. The van der Waals surface area contributed by atoms with E-state index in [0.717, 1.165) is 0 Å². The van der Waals surface area contributed by atoms with Gasteiger partial charge in [-0.15, -0.1) is 0 Å². The van der Waals surface area contributed by atoms with Crippen LogP contribution in [-0.4, -0.2) is 23.3 Å². The Morgan fingerprint density at radius 3 is 2.05 bits per heavy atom. The predicted octanol–water partition coefficient (Wildman–Crippen LogP) is 2.55. The molecule has 0 atom stereocenters. The van der Waals surface area contributed by atoms with Crippen molar-refractivity contribution in [2.75, 3.05) is 0 Å². The van der Waals surface area contributed by atoms with Gasteiger partial charge in [0.2, 0.25) is 0 Å². The number of carbonyl (C=O) groups is 3. The molecule has 106 valence electrons. The fraction of sp³-hybridized carbons (Fsp3) is 0.0625. The molecule has 0 aromatic heterocycles. The number of carbonyl (C=O) groups excluding carboxylic acids is 2. The van der Waals surface area contributed by atoms with E-state index in [-0.39, 0.29) is 12.2 Å². The summed E-state index contributed by atoms with van der Waals surface area (Å²) in [5.74, 6) is -1.51. The Hall–Kier alpha value is -2.95. The quantitative estimate of drug-likeness (QED) is 0.674. The normalized spacial score (nSPS) is 9.90. The van der Waals surface area contributed by atoms with Gasteiger partial charge in [0, 0.05) is 5.56 Å². The second-order valence-corrected chi connectivity index (χ2v) is 4.32. The monoisotopic (exact) mass is 284 g/mol. The second-order valence-electron chi connectivity index (χ2n) is 4.32. The molecule has 0 unspecified atom stereocenters. The number of aldehydes is 1. The third-order valence-corrected chi connectivity index (χ3v) is 2.85. The number of hydrogen-bond donors (Lipinski definition) is 1. The minimum absolute atomic E-state index is 0.0498. The zero-order chi connectivity index (χ0) is 15.2. The molecule has 21 heavy (non-hydrogen) atoms. The van der Waals surface area contributed by atoms with Gasteiger partial charge < -0.3 is 9.84 Å². The topological polar surface area (TPSA) is 80.7 Å². The highest BCUT2D eigenvalue weighted by atomic mass is 16.5. The standard InChI is InChI=1S/C16H12O5/c17-9-11-1-7-14(8-2-11)16(20)21-10-12-3-5-13(6-4-12)15(18)19/h1-9H,10H2,(H,18,19). The van der Waals surface area contributed by atoms with Crippen LogP contribution in [0.25, 0.3) is 0 Å². The van der Waals surface area contributed by atoms with Crippen molar-refractivity contribution in [3.05, 3.63) is 70.8 Å². The lowest BCUT2D eigenvalue weighted by Crippen LogP contribution is -2.05. The molecule has 0 aliphatic heterocycles. The van der Waals surface area contributed by atoms with Crippen molar-refractivity contribution in [1.82, 2.24) is 0 Å². The van der Waals surface area contributed by atoms with Crippen LogP contribution in [0.4, 0.5) is 0 Å². The average molecular weight is 284 g/mol. The van der Waals surface area contributed by atoms with Crippen molar-refractivity contribution in [3.8, 4) is 0 Å². The molecule has 5 heteroatoms. The third kappa shape index (κ3) is 3.76. The molecule has 2 aromatic carbocycles. The summed E-state index contributed by atoms with van der Waals surface area (Å²) in [4.78, 5) is 33.0. The Labute approximate surface area is 120 Å². The molecule has 0 aliphatic rings. The van der Waals surface area contributed by atoms with Gasteiger partial charge in [0.25, 0.3) is 0 Å². The van der Waals surface area contributed by atoms with Gasteiger partial charge in [0.05, 0.1) is 11.1 Å². The average Bonchev–Trinajstić information content (AvgIpc) is 2.53. The lowest BCUT2D eigenvalue weighted by Gasteiger charge is -2.05. The zero-order valence-corrected chi connectivity index (χ0v) is 11.0. The lowest BCUT2D eigenvalue weighted by atomic mass is 10.1. The number of aromatic carboxylic acids is 1. The van der Waals surface area contributed by atoms with Crippen molar-refractivity contribution in [1.29, 1.82) is 0 Å². The largest absolute Gasteiger partial charge is 0.478 e. The Kier molecular flexibility index (Phi) is 4.46. The van der Waals surface area contributed by atoms with Crippen LogP contribution in [0.3, 0.4) is 0 Å². The fourth-order valence-electron chi connectivity index (χ4n) is 1.67. The molecule has 0 heterocycles. The first-order valence-corrected chi connectivity index (χ1v) is 6.15. The molecular weight excluding hydrogens is 272 g/mol. The van der Waals surface area contributed by atoms with Gasteiger partial charge in [-0.1, -0.05) is 24.3 Å². The molecular formula is C16H12O5. The summed E-state index contributed by atoms with van der Waals surface area (Å²) < 4.78 is 5.11. The molecule has 0 amide bonds. The molecule has 0 saturated heterocycles. The van der Waals surface area contributed by atoms with Gasteiger partial charge in [-0.05, 0) is 29.8 Å². The van der Waals surface area contributed by atoms with Crippen molar-refractivity contribution >= 4 is 18.2 Å². The first kappa shape index (κ1) is 14.5. The van der Waals surface area contributed by atoms with E-state index in [2.05, 4.69) is 0 Å². The van der Waals surface area contributed by atoms with Crippen LogP contribution in [0.1, 0.15) is 36.6 Å². The van der Waals surface area contributed by atoms with Crippen LogP contribution in [0.2, 0.25) is 0 Å². The zero-order valence-electron chi connectivity index (χ0n) is 11.0. The second kappa shape index (κ2) is 6.47. The van der Waals surface area contributed by atoms with Gasteiger partial charge >= 0.3 is 11.9 Å². The van der Waals surface area contributed by atoms with Crippen molar-refractivity contribution < 1.29 is 24.2 Å². The number of carboxylic acid groups (broad SMARTS) is 1. The SMILES string of the molecule is O=Cc1ccc(C(=O)OCc2ccc(C(=O)O)cc2)cc1. The molecule has 1 N–H and O–H groups in total. The molecule has 0 aliphatic carbocycles. The maximum absolute atomic E-state index is 11.8. The van der Waals surface area contributed by atoms with E-state index in [1.165, 1.54) is 36.4 Å². The maximum atomic E-state index is 11.8. The van der Waals surface area contributed by atoms with Crippen LogP contribution in [-0.2, 0) is 11.3 Å². The molecule has 2 aromatic rings. The third-order valence-electron chi connectivity index (χ3n) is 2.85. The van der Waals surface area contributed by atoms with Gasteiger partial charge in [-0.25, -0.2) is 9.59 Å². The molecule has 5 nitrogen and oxygen atoms in total. The summed E-state index contributed by atoms with van der Waals surface area (Å²) >= 11 is 0. The number of hydrogen-bond acceptors (Lipinski definition) is 4. The van der Waals surface area contributed by atoms with Gasteiger partial charge in [0.15, 0.2) is 0 Å². The van der Waals surface area contributed by atoms with E-state index in [9.17, 15) is 14.4 Å². The molecule has 0 radical (unpaired) electrons. The predicted molar refractivity (Wildman–Crippen MR) is 74.4 cm³/mol. The minimum atomic E-state index is -1.01. The van der Waals surface area contributed by atoms with Crippen LogP contribution in [0, 0.1) is 0 Å². The summed E-state index contributed by atoms with van der Waals surface area (Å²) in [7, 11) is 0. The van der Waals surface area contributed by atoms with E-state index in [4.69, 9.17) is 9.84 Å². The van der Waals surface area contributed by atoms with Crippen LogP contribution in [0.15, 0.2) is 48.5 Å². The molecule has 2 rings (SSSR count). The Morgan fingerprint density at radius 1 is 0.952 bits per heavy atom. The lowest BCUT2D eigenvalue weighted by molar-refractivity contribution is 0.0471. The van der Waals surface area contributed by atoms with Crippen molar-refractivity contribution in [2.24, 2.45) is 0 Å². The first-order chi connectivity index (χ1) is 10.1. The van der Waals surface area contributed by atoms with Gasteiger partial charge in [-0.3, -0.25) is 4.79 Å². The smallest absolute Gasteiger partial charge is 0.338 e. The highest BCUT2D eigenvalue weighted by molar-refractivity contribution is 5.90. The number of esters is 1. The fourth-order valence-corrected chi connectivity index (χ4v) is 1.67. The van der Waals surface area contributed by atoms with Crippen LogP contribution >= 0.6 is 0 Å². The highest BCUT2D eigenvalue weighted by Crippen LogP contribution is 2.09. The van der Waals surface area contributed by atoms with Crippen molar-refractivity contribution in [3.63, 3.8) is 0 Å². The van der Waals surface area contributed by atoms with Crippen LogP contribution < -0.4 is 0 Å². The van der Waals surface area contributed by atoms with Crippen molar-refractivity contribution in [2.45, 2.75) is 6.61 Å². The highest BCUT2D eigenvalue weighted by Gasteiger charge is 2.08. The molecule has 0 spiro atoms. The van der Waals surface area contributed by atoms with E-state index in [1.807, 2.05) is 0 Å². The van der Waals surface area contributed by atoms with E-state index in [1.54, 1.807) is 12.1 Å². The summed E-state index contributed by atoms with van der Waals surface area (Å²) in [5.41, 5.74) is 1.70. The van der Waals surface area contributed by atoms with E-state index in [0.29, 0.717) is 23.0 Å². The molecule has 0 fully saturated rings. The number of carboxylic acids is 1. The first-order valence-electron chi connectivity index (χ1n) is 6.15. The Balaban J connectivity index is 1.96. The number of ether oxygens (including phenoxy) is 1. The number of benzene rings is 2. The number of rotatable bonds is 5. The summed E-state index contributed by atoms with van der Waals surface area (Å²) in [6.07, 6.45) is 0.694. The van der Waals surface area contributed by atoms with E-state index >= 15 is 0 Å². The van der Waals surface area contributed by atoms with Gasteiger partial charge in [0.1, 0.15) is 12.9 Å². The Morgan fingerprint density at radius 2 is 1.52 bits per heavy atom.